The maximum absolute atomic E-state index is 5.70. The fourth-order valence-electron chi connectivity index (χ4n) is 0.954. The van der Waals surface area contributed by atoms with Crippen LogP contribution in [-0.4, -0.2) is 24.8 Å². The monoisotopic (exact) mass is 232 g/mol. The summed E-state index contributed by atoms with van der Waals surface area (Å²) in [7, 11) is 0. The van der Waals surface area contributed by atoms with E-state index >= 15 is 0 Å². The van der Waals surface area contributed by atoms with Gasteiger partial charge in [0.15, 0.2) is 0 Å². The van der Waals surface area contributed by atoms with E-state index < -0.39 is 6.48 Å². The van der Waals surface area contributed by atoms with Crippen LogP contribution in [0.5, 0.6) is 0 Å². The predicted octanol–water partition coefficient (Wildman–Crippen LogP) is 3.72. The Morgan fingerprint density at radius 2 is 0.875 bits per heavy atom. The molecule has 0 aliphatic carbocycles. The first-order valence-electron chi connectivity index (χ1n) is 6.49. The van der Waals surface area contributed by atoms with Crippen molar-refractivity contribution in [2.24, 2.45) is 0 Å². The summed E-state index contributed by atoms with van der Waals surface area (Å²) in [5, 5.41) is 0. The Hall–Kier alpha value is -0.120. The van der Waals surface area contributed by atoms with Crippen molar-refractivity contribution in [2.45, 2.75) is 85.6 Å². The molecule has 0 aliphatic rings. The normalized spacial score (nSPS) is 19.1. The summed E-state index contributed by atoms with van der Waals surface area (Å²) < 4.78 is 17.1. The molecule has 0 radical (unpaired) electrons. The molecule has 0 aromatic rings. The number of ether oxygens (including phenoxy) is 3. The second kappa shape index (κ2) is 8.97. The standard InChI is InChI=1S/C13H28O3/c1-7-10(4)14-13(15-11(5)8-2)16-12(6)9-3/h10-13H,7-9H2,1-6H3. The first-order chi connectivity index (χ1) is 7.53. The first kappa shape index (κ1) is 15.9. The molecule has 0 rings (SSSR count). The Balaban J connectivity index is 4.15. The van der Waals surface area contributed by atoms with Gasteiger partial charge in [-0.1, -0.05) is 20.8 Å². The van der Waals surface area contributed by atoms with Crippen molar-refractivity contribution in [1.82, 2.24) is 0 Å². The summed E-state index contributed by atoms with van der Waals surface area (Å²) in [6, 6.07) is 0. The highest BCUT2D eigenvalue weighted by Gasteiger charge is 2.18. The van der Waals surface area contributed by atoms with E-state index in [0.29, 0.717) is 0 Å². The molecule has 16 heavy (non-hydrogen) atoms. The van der Waals surface area contributed by atoms with Crippen molar-refractivity contribution in [3.8, 4) is 0 Å². The smallest absolute Gasteiger partial charge is 0.272 e. The topological polar surface area (TPSA) is 27.7 Å². The molecule has 0 fully saturated rings. The van der Waals surface area contributed by atoms with Gasteiger partial charge in [0.25, 0.3) is 6.48 Å². The quantitative estimate of drug-likeness (QED) is 0.567. The van der Waals surface area contributed by atoms with E-state index in [9.17, 15) is 0 Å². The molecule has 0 N–H and O–H groups in total. The van der Waals surface area contributed by atoms with Crippen molar-refractivity contribution in [3.05, 3.63) is 0 Å². The summed E-state index contributed by atoms with van der Waals surface area (Å²) in [6.45, 7) is 11.9. The number of hydrogen-bond donors (Lipinski definition) is 0. The van der Waals surface area contributed by atoms with Crippen molar-refractivity contribution >= 4 is 0 Å². The van der Waals surface area contributed by atoms with Gasteiger partial charge < -0.3 is 14.2 Å². The second-order valence-corrected chi connectivity index (χ2v) is 4.35. The van der Waals surface area contributed by atoms with E-state index in [-0.39, 0.29) is 18.3 Å². The third-order valence-corrected chi connectivity index (χ3v) is 2.76. The largest absolute Gasteiger partial charge is 0.327 e. The van der Waals surface area contributed by atoms with Crippen LogP contribution >= 0.6 is 0 Å². The van der Waals surface area contributed by atoms with Crippen LogP contribution in [0.15, 0.2) is 0 Å². The SMILES string of the molecule is CCC(C)OC(OC(C)CC)OC(C)CC. The molecule has 0 aromatic carbocycles. The van der Waals surface area contributed by atoms with Crippen LogP contribution in [0.4, 0.5) is 0 Å². The summed E-state index contributed by atoms with van der Waals surface area (Å²) in [5.41, 5.74) is 0. The van der Waals surface area contributed by atoms with Crippen molar-refractivity contribution in [1.29, 1.82) is 0 Å². The van der Waals surface area contributed by atoms with Crippen molar-refractivity contribution in [2.75, 3.05) is 0 Å². The van der Waals surface area contributed by atoms with Crippen LogP contribution < -0.4 is 0 Å². The van der Waals surface area contributed by atoms with E-state index in [1.54, 1.807) is 0 Å². The molecule has 0 saturated heterocycles. The van der Waals surface area contributed by atoms with Gasteiger partial charge in [-0.3, -0.25) is 0 Å². The van der Waals surface area contributed by atoms with E-state index in [1.807, 2.05) is 20.8 Å². The van der Waals surface area contributed by atoms with E-state index in [1.165, 1.54) is 0 Å². The minimum atomic E-state index is -0.528. The molecule has 0 spiro atoms. The molecule has 0 bridgehead atoms. The molecule has 3 heteroatoms. The lowest BCUT2D eigenvalue weighted by molar-refractivity contribution is -0.328. The van der Waals surface area contributed by atoms with Gasteiger partial charge in [-0.05, 0) is 40.0 Å². The lowest BCUT2D eigenvalue weighted by Gasteiger charge is -2.27. The summed E-state index contributed by atoms with van der Waals surface area (Å²) >= 11 is 0. The third-order valence-electron chi connectivity index (χ3n) is 2.76. The minimum absolute atomic E-state index is 0.165. The van der Waals surface area contributed by atoms with Crippen LogP contribution in [0.3, 0.4) is 0 Å². The van der Waals surface area contributed by atoms with Gasteiger partial charge in [-0.25, -0.2) is 0 Å². The third kappa shape index (κ3) is 7.20. The maximum Gasteiger partial charge on any atom is 0.272 e. The Morgan fingerprint density at radius 3 is 1.06 bits per heavy atom. The molecule has 0 aromatic heterocycles. The zero-order valence-electron chi connectivity index (χ0n) is 11.7. The number of rotatable bonds is 9. The van der Waals surface area contributed by atoms with E-state index in [4.69, 9.17) is 14.2 Å². The maximum atomic E-state index is 5.70. The Bertz CT molecular complexity index is 133. The Labute approximate surface area is 100 Å². The van der Waals surface area contributed by atoms with Crippen LogP contribution in [0.1, 0.15) is 60.8 Å². The van der Waals surface area contributed by atoms with Gasteiger partial charge in [-0.15, -0.1) is 0 Å². The van der Waals surface area contributed by atoms with Crippen LogP contribution in [0, 0.1) is 0 Å². The Kier molecular flexibility index (Phi) is 8.90. The van der Waals surface area contributed by atoms with Crippen LogP contribution in [0.25, 0.3) is 0 Å². The summed E-state index contributed by atoms with van der Waals surface area (Å²) in [4.78, 5) is 0. The average Bonchev–Trinajstić information content (AvgIpc) is 2.28. The van der Waals surface area contributed by atoms with Gasteiger partial charge in [-0.2, -0.15) is 0 Å². The van der Waals surface area contributed by atoms with Gasteiger partial charge in [0.2, 0.25) is 0 Å². The number of hydrogen-bond acceptors (Lipinski definition) is 3. The van der Waals surface area contributed by atoms with Crippen LogP contribution in [0.2, 0.25) is 0 Å². The Morgan fingerprint density at radius 1 is 0.625 bits per heavy atom. The molecule has 3 nitrogen and oxygen atoms in total. The van der Waals surface area contributed by atoms with E-state index in [2.05, 4.69) is 20.8 Å². The second-order valence-electron chi connectivity index (χ2n) is 4.35. The highest BCUT2D eigenvalue weighted by molar-refractivity contribution is 4.50. The van der Waals surface area contributed by atoms with Crippen LogP contribution in [-0.2, 0) is 14.2 Å². The molecular formula is C13H28O3. The van der Waals surface area contributed by atoms with Gasteiger partial charge in [0, 0.05) is 0 Å². The average molecular weight is 232 g/mol. The zero-order chi connectivity index (χ0) is 12.6. The fourth-order valence-corrected chi connectivity index (χ4v) is 0.954. The van der Waals surface area contributed by atoms with Gasteiger partial charge in [0.1, 0.15) is 0 Å². The molecule has 3 unspecified atom stereocenters. The summed E-state index contributed by atoms with van der Waals surface area (Å²) in [6.07, 6.45) is 3.38. The molecule has 0 saturated carbocycles. The lowest BCUT2D eigenvalue weighted by Crippen LogP contribution is -2.31. The molecule has 0 amide bonds. The zero-order valence-corrected chi connectivity index (χ0v) is 11.7. The van der Waals surface area contributed by atoms with Gasteiger partial charge >= 0.3 is 0 Å². The summed E-state index contributed by atoms with van der Waals surface area (Å²) in [5.74, 6) is 0. The first-order valence-corrected chi connectivity index (χ1v) is 6.49. The molecule has 0 aliphatic heterocycles. The molecule has 98 valence electrons. The predicted molar refractivity (Wildman–Crippen MR) is 66.3 cm³/mol. The highest BCUT2D eigenvalue weighted by Crippen LogP contribution is 2.12. The molecule has 3 atom stereocenters. The molecular weight excluding hydrogens is 204 g/mol. The minimum Gasteiger partial charge on any atom is -0.327 e. The lowest BCUT2D eigenvalue weighted by atomic mass is 10.3. The highest BCUT2D eigenvalue weighted by atomic mass is 16.8. The van der Waals surface area contributed by atoms with Crippen molar-refractivity contribution in [3.63, 3.8) is 0 Å². The molecule has 0 heterocycles. The van der Waals surface area contributed by atoms with E-state index in [0.717, 1.165) is 19.3 Å². The fraction of sp³-hybridized carbons (Fsp3) is 1.00. The van der Waals surface area contributed by atoms with Crippen molar-refractivity contribution < 1.29 is 14.2 Å². The van der Waals surface area contributed by atoms with Gasteiger partial charge in [0.05, 0.1) is 18.3 Å².